The Morgan fingerprint density at radius 2 is 2.18 bits per heavy atom. The molecule has 1 aromatic heterocycles. The average Bonchev–Trinajstić information content (AvgIpc) is 2.85. The Labute approximate surface area is 137 Å². The van der Waals surface area contributed by atoms with Crippen molar-refractivity contribution >= 4 is 17.7 Å². The zero-order valence-corrected chi connectivity index (χ0v) is 14.9. The standard InChI is InChI=1S/C15H27N5OS/c1-18(2)11-13-16-17-15(19(13)3)12-6-5-8-20(10-12)14(21)7-9-22-4/h12H,5-11H2,1-4H3/t12-/m1/s1. The van der Waals surface area contributed by atoms with Crippen LogP contribution in [0.1, 0.15) is 36.8 Å². The molecular weight excluding hydrogens is 298 g/mol. The lowest BCUT2D eigenvalue weighted by Crippen LogP contribution is -2.39. The Morgan fingerprint density at radius 1 is 1.41 bits per heavy atom. The molecule has 2 heterocycles. The molecule has 1 amide bonds. The summed E-state index contributed by atoms with van der Waals surface area (Å²) in [7, 11) is 6.09. The van der Waals surface area contributed by atoms with E-state index in [1.807, 2.05) is 32.3 Å². The molecule has 1 fully saturated rings. The van der Waals surface area contributed by atoms with Crippen molar-refractivity contribution < 1.29 is 4.79 Å². The molecule has 0 aromatic carbocycles. The molecule has 0 radical (unpaired) electrons. The molecule has 1 saturated heterocycles. The molecule has 124 valence electrons. The number of thioether (sulfide) groups is 1. The van der Waals surface area contributed by atoms with E-state index in [-0.39, 0.29) is 5.91 Å². The van der Waals surface area contributed by atoms with E-state index in [4.69, 9.17) is 0 Å². The van der Waals surface area contributed by atoms with E-state index in [0.29, 0.717) is 12.3 Å². The summed E-state index contributed by atoms with van der Waals surface area (Å²) >= 11 is 1.72. The highest BCUT2D eigenvalue weighted by molar-refractivity contribution is 7.98. The van der Waals surface area contributed by atoms with Crippen LogP contribution in [-0.4, -0.2) is 69.7 Å². The minimum absolute atomic E-state index is 0.273. The van der Waals surface area contributed by atoms with Gasteiger partial charge in [0.15, 0.2) is 0 Å². The average molecular weight is 325 g/mol. The zero-order chi connectivity index (χ0) is 16.1. The van der Waals surface area contributed by atoms with Crippen molar-refractivity contribution in [3.05, 3.63) is 11.6 Å². The van der Waals surface area contributed by atoms with Gasteiger partial charge in [0.2, 0.25) is 5.91 Å². The van der Waals surface area contributed by atoms with Crippen molar-refractivity contribution in [2.75, 3.05) is 39.2 Å². The lowest BCUT2D eigenvalue weighted by molar-refractivity contribution is -0.132. The van der Waals surface area contributed by atoms with Crippen molar-refractivity contribution in [2.24, 2.45) is 7.05 Å². The first kappa shape index (κ1) is 17.3. The van der Waals surface area contributed by atoms with E-state index in [9.17, 15) is 4.79 Å². The minimum Gasteiger partial charge on any atom is -0.342 e. The fraction of sp³-hybridized carbons (Fsp3) is 0.800. The van der Waals surface area contributed by atoms with Crippen LogP contribution in [0, 0.1) is 0 Å². The second-order valence-electron chi connectivity index (χ2n) is 6.19. The fourth-order valence-corrected chi connectivity index (χ4v) is 3.29. The van der Waals surface area contributed by atoms with E-state index in [1.54, 1.807) is 11.8 Å². The van der Waals surface area contributed by atoms with Crippen LogP contribution in [0.5, 0.6) is 0 Å². The molecular formula is C15H27N5OS. The summed E-state index contributed by atoms with van der Waals surface area (Å²) in [5.74, 6) is 3.47. The maximum atomic E-state index is 12.2. The smallest absolute Gasteiger partial charge is 0.223 e. The van der Waals surface area contributed by atoms with Gasteiger partial charge in [-0.2, -0.15) is 11.8 Å². The van der Waals surface area contributed by atoms with Crippen LogP contribution in [0.4, 0.5) is 0 Å². The molecule has 2 rings (SSSR count). The summed E-state index contributed by atoms with van der Waals surface area (Å²) in [4.78, 5) is 16.3. The van der Waals surface area contributed by atoms with Crippen LogP contribution >= 0.6 is 11.8 Å². The molecule has 0 bridgehead atoms. The Hall–Kier alpha value is -1.08. The number of hydrogen-bond acceptors (Lipinski definition) is 5. The van der Waals surface area contributed by atoms with Crippen LogP contribution in [0.15, 0.2) is 0 Å². The third-order valence-electron chi connectivity index (χ3n) is 4.12. The Balaban J connectivity index is 2.03. The molecule has 0 saturated carbocycles. The van der Waals surface area contributed by atoms with Gasteiger partial charge in [-0.3, -0.25) is 4.79 Å². The zero-order valence-electron chi connectivity index (χ0n) is 14.1. The lowest BCUT2D eigenvalue weighted by atomic mass is 9.97. The van der Waals surface area contributed by atoms with Gasteiger partial charge >= 0.3 is 0 Å². The number of carbonyl (C=O) groups is 1. The van der Waals surface area contributed by atoms with Crippen LogP contribution in [0.3, 0.4) is 0 Å². The summed E-state index contributed by atoms with van der Waals surface area (Å²) in [5, 5.41) is 8.71. The van der Waals surface area contributed by atoms with Gasteiger partial charge in [0.25, 0.3) is 0 Å². The lowest BCUT2D eigenvalue weighted by Gasteiger charge is -2.32. The van der Waals surface area contributed by atoms with Crippen LogP contribution in [0.25, 0.3) is 0 Å². The van der Waals surface area contributed by atoms with Gasteiger partial charge in [-0.1, -0.05) is 0 Å². The van der Waals surface area contributed by atoms with E-state index in [2.05, 4.69) is 19.7 Å². The van der Waals surface area contributed by atoms with Gasteiger partial charge in [-0.25, -0.2) is 0 Å². The van der Waals surface area contributed by atoms with Crippen molar-refractivity contribution in [3.63, 3.8) is 0 Å². The van der Waals surface area contributed by atoms with E-state index < -0.39 is 0 Å². The largest absolute Gasteiger partial charge is 0.342 e. The number of carbonyl (C=O) groups excluding carboxylic acids is 1. The predicted molar refractivity (Wildman–Crippen MR) is 89.9 cm³/mol. The molecule has 7 heteroatoms. The number of hydrogen-bond donors (Lipinski definition) is 0. The molecule has 22 heavy (non-hydrogen) atoms. The highest BCUT2D eigenvalue weighted by Crippen LogP contribution is 2.26. The first-order valence-corrected chi connectivity index (χ1v) is 9.22. The molecule has 1 aliphatic rings. The van der Waals surface area contributed by atoms with Gasteiger partial charge < -0.3 is 14.4 Å². The van der Waals surface area contributed by atoms with Crippen molar-refractivity contribution in [3.8, 4) is 0 Å². The van der Waals surface area contributed by atoms with E-state index in [0.717, 1.165) is 49.9 Å². The maximum absolute atomic E-state index is 12.2. The second kappa shape index (κ2) is 7.97. The number of amides is 1. The monoisotopic (exact) mass is 325 g/mol. The molecule has 6 nitrogen and oxygen atoms in total. The van der Waals surface area contributed by atoms with Gasteiger partial charge in [0, 0.05) is 38.2 Å². The van der Waals surface area contributed by atoms with Crippen molar-refractivity contribution in [1.29, 1.82) is 0 Å². The van der Waals surface area contributed by atoms with E-state index >= 15 is 0 Å². The highest BCUT2D eigenvalue weighted by atomic mass is 32.2. The van der Waals surface area contributed by atoms with Gasteiger partial charge in [-0.15, -0.1) is 10.2 Å². The number of aromatic nitrogens is 3. The van der Waals surface area contributed by atoms with Gasteiger partial charge in [0.05, 0.1) is 6.54 Å². The van der Waals surface area contributed by atoms with Crippen LogP contribution in [-0.2, 0) is 18.4 Å². The first-order chi connectivity index (χ1) is 10.5. The number of rotatable bonds is 6. The summed E-state index contributed by atoms with van der Waals surface area (Å²) in [6.07, 6.45) is 4.81. The topological polar surface area (TPSA) is 54.3 Å². The Morgan fingerprint density at radius 3 is 2.86 bits per heavy atom. The molecule has 0 N–H and O–H groups in total. The van der Waals surface area contributed by atoms with Crippen molar-refractivity contribution in [2.45, 2.75) is 31.7 Å². The summed E-state index contributed by atoms with van der Waals surface area (Å²) in [5.41, 5.74) is 0. The SMILES string of the molecule is CSCCC(=O)N1CCC[C@@H](c2nnc(CN(C)C)n2C)C1. The number of nitrogens with zero attached hydrogens (tertiary/aromatic N) is 5. The maximum Gasteiger partial charge on any atom is 0.223 e. The third kappa shape index (κ3) is 4.23. The molecule has 1 atom stereocenters. The van der Waals surface area contributed by atoms with Crippen molar-refractivity contribution in [1.82, 2.24) is 24.6 Å². The third-order valence-corrected chi connectivity index (χ3v) is 4.73. The molecule has 1 aromatic rings. The molecule has 1 aliphatic heterocycles. The van der Waals surface area contributed by atoms with Gasteiger partial charge in [-0.05, 0) is 33.2 Å². The summed E-state index contributed by atoms with van der Waals surface area (Å²) in [6.45, 7) is 2.44. The molecule has 0 unspecified atom stereocenters. The number of piperidine rings is 1. The number of likely N-dealkylation sites (tertiary alicyclic amines) is 1. The molecule has 0 aliphatic carbocycles. The molecule has 0 spiro atoms. The van der Waals surface area contributed by atoms with Crippen LogP contribution in [0.2, 0.25) is 0 Å². The first-order valence-electron chi connectivity index (χ1n) is 7.82. The van der Waals surface area contributed by atoms with Crippen LogP contribution < -0.4 is 0 Å². The Kier molecular flexibility index (Phi) is 6.26. The Bertz CT molecular complexity index is 502. The predicted octanol–water partition coefficient (Wildman–Crippen LogP) is 1.34. The second-order valence-corrected chi connectivity index (χ2v) is 7.18. The highest BCUT2D eigenvalue weighted by Gasteiger charge is 2.28. The van der Waals surface area contributed by atoms with Gasteiger partial charge in [0.1, 0.15) is 11.6 Å². The quantitative estimate of drug-likeness (QED) is 0.790. The fourth-order valence-electron chi connectivity index (χ4n) is 2.91. The van der Waals surface area contributed by atoms with E-state index in [1.165, 1.54) is 0 Å². The summed E-state index contributed by atoms with van der Waals surface area (Å²) in [6, 6.07) is 0. The summed E-state index contributed by atoms with van der Waals surface area (Å²) < 4.78 is 2.10. The minimum atomic E-state index is 0.273. The normalized spacial score (nSPS) is 19.0.